The molecule has 5 nitrogen and oxygen atoms in total. The van der Waals surface area contributed by atoms with E-state index in [0.29, 0.717) is 19.4 Å². The van der Waals surface area contributed by atoms with Gasteiger partial charge in [-0.1, -0.05) is 31.4 Å². The Bertz CT molecular complexity index is 621. The van der Waals surface area contributed by atoms with Crippen molar-refractivity contribution in [2.45, 2.75) is 57.4 Å². The molecular weight excluding hydrogens is 318 g/mol. The minimum atomic E-state index is -0.826. The molecule has 3 rings (SSSR count). The van der Waals surface area contributed by atoms with Crippen molar-refractivity contribution in [3.8, 4) is 5.75 Å². The molecule has 2 aliphatic rings. The lowest BCUT2D eigenvalue weighted by molar-refractivity contribution is -0.160. The number of benzene rings is 1. The molecule has 1 N–H and O–H groups in total. The van der Waals surface area contributed by atoms with Crippen LogP contribution < -0.4 is 4.74 Å². The molecule has 1 heterocycles. The molecule has 1 amide bonds. The number of carboxylic acid groups (broad SMARTS) is 1. The molecule has 1 saturated heterocycles. The van der Waals surface area contributed by atoms with Gasteiger partial charge in [0.05, 0.1) is 18.6 Å². The number of carboxylic acids is 1. The largest absolute Gasteiger partial charge is 0.497 e. The molecule has 0 bridgehead atoms. The number of amides is 1. The van der Waals surface area contributed by atoms with E-state index in [1.54, 1.807) is 7.11 Å². The predicted molar refractivity (Wildman–Crippen MR) is 94.5 cm³/mol. The second-order valence-electron chi connectivity index (χ2n) is 7.34. The number of rotatable bonds is 5. The van der Waals surface area contributed by atoms with Gasteiger partial charge in [0, 0.05) is 13.0 Å². The van der Waals surface area contributed by atoms with Crippen molar-refractivity contribution in [1.29, 1.82) is 0 Å². The van der Waals surface area contributed by atoms with Gasteiger partial charge < -0.3 is 14.7 Å². The van der Waals surface area contributed by atoms with E-state index in [1.807, 2.05) is 29.2 Å². The van der Waals surface area contributed by atoms with Crippen LogP contribution in [-0.4, -0.2) is 35.5 Å². The number of carbonyl (C=O) groups excluding carboxylic acids is 1. The van der Waals surface area contributed by atoms with Crippen LogP contribution >= 0.6 is 0 Å². The van der Waals surface area contributed by atoms with Crippen LogP contribution in [-0.2, 0) is 9.59 Å². The molecule has 1 unspecified atom stereocenters. The standard InChI is InChI=1S/C20H27NO4/c1-25-16-9-7-15(8-10-16)17-6-3-2-4-13-21(17)18(22)14-20(19(23)24)11-5-12-20/h7-10,17H,2-6,11-14H2,1H3,(H,23,24). The van der Waals surface area contributed by atoms with Crippen molar-refractivity contribution in [1.82, 2.24) is 4.90 Å². The summed E-state index contributed by atoms with van der Waals surface area (Å²) in [4.78, 5) is 26.6. The lowest BCUT2D eigenvalue weighted by Crippen LogP contribution is -2.44. The Morgan fingerprint density at radius 3 is 2.44 bits per heavy atom. The topological polar surface area (TPSA) is 66.8 Å². The molecule has 0 spiro atoms. The highest BCUT2D eigenvalue weighted by Gasteiger charge is 2.47. The molecule has 1 aliphatic carbocycles. The number of hydrogen-bond donors (Lipinski definition) is 1. The van der Waals surface area contributed by atoms with Crippen LogP contribution in [0.1, 0.15) is 63.0 Å². The molecule has 5 heteroatoms. The van der Waals surface area contributed by atoms with Gasteiger partial charge in [-0.2, -0.15) is 0 Å². The van der Waals surface area contributed by atoms with Crippen molar-refractivity contribution < 1.29 is 19.4 Å². The zero-order valence-electron chi connectivity index (χ0n) is 14.9. The van der Waals surface area contributed by atoms with Gasteiger partial charge in [-0.15, -0.1) is 0 Å². The fraction of sp³-hybridized carbons (Fsp3) is 0.600. The summed E-state index contributed by atoms with van der Waals surface area (Å²) in [5.41, 5.74) is 0.280. The Balaban J connectivity index is 1.79. The molecule has 1 aromatic rings. The molecule has 1 atom stereocenters. The van der Waals surface area contributed by atoms with E-state index < -0.39 is 11.4 Å². The van der Waals surface area contributed by atoms with Crippen LogP contribution in [0.2, 0.25) is 0 Å². The Labute approximate surface area is 149 Å². The molecule has 1 aliphatic heterocycles. The minimum absolute atomic E-state index is 0.00943. The quantitative estimate of drug-likeness (QED) is 0.882. The predicted octanol–water partition coefficient (Wildman–Crippen LogP) is 3.78. The summed E-state index contributed by atoms with van der Waals surface area (Å²) in [5, 5.41) is 9.54. The van der Waals surface area contributed by atoms with Gasteiger partial charge >= 0.3 is 5.97 Å². The first-order valence-corrected chi connectivity index (χ1v) is 9.22. The normalized spacial score (nSPS) is 22.6. The van der Waals surface area contributed by atoms with Crippen molar-refractivity contribution in [3.05, 3.63) is 29.8 Å². The summed E-state index contributed by atoms with van der Waals surface area (Å²) in [6.07, 6.45) is 6.39. The van der Waals surface area contributed by atoms with Gasteiger partial charge in [-0.25, -0.2) is 0 Å². The summed E-state index contributed by atoms with van der Waals surface area (Å²) in [6.45, 7) is 0.714. The SMILES string of the molecule is COc1ccc(C2CCCCCN2C(=O)CC2(C(=O)O)CCC2)cc1. The van der Waals surface area contributed by atoms with Crippen LogP contribution in [0, 0.1) is 5.41 Å². The molecule has 25 heavy (non-hydrogen) atoms. The van der Waals surface area contributed by atoms with Crippen molar-refractivity contribution in [2.75, 3.05) is 13.7 Å². The van der Waals surface area contributed by atoms with Crippen molar-refractivity contribution in [3.63, 3.8) is 0 Å². The zero-order chi connectivity index (χ0) is 17.9. The molecule has 0 radical (unpaired) electrons. The fourth-order valence-corrected chi connectivity index (χ4v) is 4.04. The third kappa shape index (κ3) is 3.65. The molecule has 2 fully saturated rings. The highest BCUT2D eigenvalue weighted by Crippen LogP contribution is 2.45. The first kappa shape index (κ1) is 17.8. The van der Waals surface area contributed by atoms with Crippen LogP contribution in [0.3, 0.4) is 0 Å². The van der Waals surface area contributed by atoms with E-state index in [9.17, 15) is 14.7 Å². The highest BCUT2D eigenvalue weighted by atomic mass is 16.5. The van der Waals surface area contributed by atoms with Crippen molar-refractivity contribution >= 4 is 11.9 Å². The van der Waals surface area contributed by atoms with Gasteiger partial charge in [0.15, 0.2) is 0 Å². The maximum absolute atomic E-state index is 13.0. The van der Waals surface area contributed by atoms with E-state index in [2.05, 4.69) is 0 Å². The van der Waals surface area contributed by atoms with E-state index in [1.165, 1.54) is 0 Å². The van der Waals surface area contributed by atoms with Crippen molar-refractivity contribution in [2.24, 2.45) is 5.41 Å². The Kier molecular flexibility index (Phi) is 5.30. The number of hydrogen-bond acceptors (Lipinski definition) is 3. The highest BCUT2D eigenvalue weighted by molar-refractivity contribution is 5.86. The monoisotopic (exact) mass is 345 g/mol. The maximum atomic E-state index is 13.0. The van der Waals surface area contributed by atoms with Crippen LogP contribution in [0.15, 0.2) is 24.3 Å². The summed E-state index contributed by atoms with van der Waals surface area (Å²) >= 11 is 0. The van der Waals surface area contributed by atoms with Crippen LogP contribution in [0.25, 0.3) is 0 Å². The van der Waals surface area contributed by atoms with E-state index in [0.717, 1.165) is 43.4 Å². The second-order valence-corrected chi connectivity index (χ2v) is 7.34. The first-order chi connectivity index (χ1) is 12.1. The van der Waals surface area contributed by atoms with Gasteiger partial charge in [0.2, 0.25) is 5.91 Å². The Morgan fingerprint density at radius 1 is 1.16 bits per heavy atom. The molecule has 1 saturated carbocycles. The molecule has 0 aromatic heterocycles. The zero-order valence-corrected chi connectivity index (χ0v) is 14.9. The summed E-state index contributed by atoms with van der Waals surface area (Å²) in [6, 6.07) is 7.92. The third-order valence-electron chi connectivity index (χ3n) is 5.83. The summed E-state index contributed by atoms with van der Waals surface area (Å²) < 4.78 is 5.22. The van der Waals surface area contributed by atoms with E-state index in [4.69, 9.17) is 4.74 Å². The minimum Gasteiger partial charge on any atom is -0.497 e. The lowest BCUT2D eigenvalue weighted by Gasteiger charge is -2.40. The van der Waals surface area contributed by atoms with Crippen LogP contribution in [0.5, 0.6) is 5.75 Å². The number of aliphatic carboxylic acids is 1. The summed E-state index contributed by atoms with van der Waals surface area (Å²) in [5.74, 6) is -0.0257. The number of ether oxygens (including phenoxy) is 1. The van der Waals surface area contributed by atoms with Gasteiger partial charge in [0.1, 0.15) is 5.75 Å². The number of carbonyl (C=O) groups is 2. The van der Waals surface area contributed by atoms with Gasteiger partial charge in [0.25, 0.3) is 0 Å². The summed E-state index contributed by atoms with van der Waals surface area (Å²) in [7, 11) is 1.64. The molecular formula is C20H27NO4. The first-order valence-electron chi connectivity index (χ1n) is 9.22. The molecule has 136 valence electrons. The smallest absolute Gasteiger partial charge is 0.310 e. The van der Waals surface area contributed by atoms with E-state index >= 15 is 0 Å². The van der Waals surface area contributed by atoms with Gasteiger partial charge in [-0.05, 0) is 43.4 Å². The third-order valence-corrected chi connectivity index (χ3v) is 5.83. The lowest BCUT2D eigenvalue weighted by atomic mass is 9.66. The maximum Gasteiger partial charge on any atom is 0.310 e. The van der Waals surface area contributed by atoms with Crippen LogP contribution in [0.4, 0.5) is 0 Å². The average molecular weight is 345 g/mol. The number of methoxy groups -OCH3 is 1. The number of nitrogens with zero attached hydrogens (tertiary/aromatic N) is 1. The van der Waals surface area contributed by atoms with Gasteiger partial charge in [-0.3, -0.25) is 9.59 Å². The second kappa shape index (κ2) is 7.46. The molecule has 1 aromatic carbocycles. The average Bonchev–Trinajstić information content (AvgIpc) is 2.83. The Hall–Kier alpha value is -2.04. The fourth-order valence-electron chi connectivity index (χ4n) is 4.04. The number of likely N-dealkylation sites (tertiary alicyclic amines) is 1. The van der Waals surface area contributed by atoms with E-state index in [-0.39, 0.29) is 18.4 Å². The Morgan fingerprint density at radius 2 is 1.88 bits per heavy atom.